The zero-order chi connectivity index (χ0) is 20.1. The van der Waals surface area contributed by atoms with E-state index in [1.54, 1.807) is 0 Å². The molecular weight excluding hydrogens is 356 g/mol. The number of hydrogen-bond acceptors (Lipinski definition) is 7. The number of aryl methyl sites for hydroxylation is 1. The van der Waals surface area contributed by atoms with Gasteiger partial charge in [0.2, 0.25) is 5.88 Å². The number of benzene rings is 1. The predicted octanol–water partition coefficient (Wildman–Crippen LogP) is 4.07. The third-order valence-corrected chi connectivity index (χ3v) is 4.72. The molecule has 1 aliphatic rings. The first kappa shape index (κ1) is 19.6. The number of ether oxygens (including phenoxy) is 2. The van der Waals surface area contributed by atoms with Crippen LogP contribution < -0.4 is 20.5 Å². The third kappa shape index (κ3) is 3.77. The Morgan fingerprint density at radius 3 is 2.82 bits per heavy atom. The number of allylic oxidation sites excluding steroid dienone is 1. The number of oxazole rings is 1. The number of rotatable bonds is 8. The van der Waals surface area contributed by atoms with Crippen LogP contribution in [-0.2, 0) is 6.42 Å². The van der Waals surface area contributed by atoms with Crippen LogP contribution in [0.25, 0.3) is 0 Å². The Bertz CT molecular complexity index is 911. The molecule has 2 aromatic rings. The quantitative estimate of drug-likeness (QED) is 0.663. The van der Waals surface area contributed by atoms with E-state index < -0.39 is 5.92 Å². The average Bonchev–Trinajstić information content (AvgIpc) is 3.11. The third-order valence-electron chi connectivity index (χ3n) is 4.72. The molecule has 0 aliphatic carbocycles. The SMILES string of the molecule is CCCCOc1ccc([C@H]2C(C#N)=C(N)Nc3oc(OC)nc32)cc1CCC. The second kappa shape index (κ2) is 8.70. The van der Waals surface area contributed by atoms with Crippen LogP contribution in [0.15, 0.2) is 34.0 Å². The number of aromatic nitrogens is 1. The number of fused-ring (bicyclic) bond motifs is 1. The number of nitrogens with one attached hydrogen (secondary N) is 1. The highest BCUT2D eigenvalue weighted by Gasteiger charge is 2.34. The van der Waals surface area contributed by atoms with E-state index in [-0.39, 0.29) is 11.9 Å². The second-order valence-corrected chi connectivity index (χ2v) is 6.71. The Hall–Kier alpha value is -3.14. The fourth-order valence-electron chi connectivity index (χ4n) is 3.33. The van der Waals surface area contributed by atoms with Crippen LogP contribution in [0.2, 0.25) is 0 Å². The Labute approximate surface area is 165 Å². The molecular formula is C21H26N4O3. The van der Waals surface area contributed by atoms with Gasteiger partial charge in [-0.25, -0.2) is 0 Å². The Morgan fingerprint density at radius 1 is 1.32 bits per heavy atom. The lowest BCUT2D eigenvalue weighted by atomic mass is 9.85. The first-order valence-electron chi connectivity index (χ1n) is 9.59. The summed E-state index contributed by atoms with van der Waals surface area (Å²) >= 11 is 0. The molecule has 7 nitrogen and oxygen atoms in total. The van der Waals surface area contributed by atoms with Crippen LogP contribution in [0.5, 0.6) is 11.8 Å². The van der Waals surface area contributed by atoms with Crippen molar-refractivity contribution >= 4 is 5.88 Å². The van der Waals surface area contributed by atoms with Gasteiger partial charge in [0.05, 0.1) is 31.3 Å². The van der Waals surface area contributed by atoms with Gasteiger partial charge in [-0.05, 0) is 30.0 Å². The van der Waals surface area contributed by atoms with Gasteiger partial charge in [-0.2, -0.15) is 10.2 Å². The first-order chi connectivity index (χ1) is 13.6. The molecule has 0 unspecified atom stereocenters. The van der Waals surface area contributed by atoms with Crippen LogP contribution >= 0.6 is 0 Å². The number of nitrogens with two attached hydrogens (primary N) is 1. The molecule has 1 aromatic heterocycles. The van der Waals surface area contributed by atoms with Crippen molar-refractivity contribution < 1.29 is 13.9 Å². The van der Waals surface area contributed by atoms with Crippen molar-refractivity contribution in [3.63, 3.8) is 0 Å². The minimum Gasteiger partial charge on any atom is -0.493 e. The van der Waals surface area contributed by atoms with E-state index in [1.807, 2.05) is 12.1 Å². The normalized spacial score (nSPS) is 15.6. The lowest BCUT2D eigenvalue weighted by Gasteiger charge is -2.23. The molecule has 0 fully saturated rings. The highest BCUT2D eigenvalue weighted by Crippen LogP contribution is 2.42. The number of nitriles is 1. The van der Waals surface area contributed by atoms with E-state index in [0.29, 0.717) is 23.8 Å². The Kier molecular flexibility index (Phi) is 6.09. The van der Waals surface area contributed by atoms with Gasteiger partial charge in [0, 0.05) is 0 Å². The lowest BCUT2D eigenvalue weighted by molar-refractivity contribution is 0.294. The highest BCUT2D eigenvalue weighted by atomic mass is 16.6. The topological polar surface area (TPSA) is 106 Å². The second-order valence-electron chi connectivity index (χ2n) is 6.71. The van der Waals surface area contributed by atoms with Gasteiger partial charge in [-0.15, -0.1) is 0 Å². The summed E-state index contributed by atoms with van der Waals surface area (Å²) < 4.78 is 16.6. The highest BCUT2D eigenvalue weighted by molar-refractivity contribution is 5.62. The minimum absolute atomic E-state index is 0.128. The van der Waals surface area contributed by atoms with Gasteiger partial charge in [-0.1, -0.05) is 38.8 Å². The largest absolute Gasteiger partial charge is 0.493 e. The van der Waals surface area contributed by atoms with Gasteiger partial charge in [-0.3, -0.25) is 0 Å². The van der Waals surface area contributed by atoms with E-state index in [0.717, 1.165) is 42.6 Å². The molecule has 1 aliphatic heterocycles. The number of unbranched alkanes of at least 4 members (excludes halogenated alkanes) is 1. The average molecular weight is 382 g/mol. The maximum absolute atomic E-state index is 9.71. The van der Waals surface area contributed by atoms with E-state index in [1.165, 1.54) is 7.11 Å². The fraction of sp³-hybridized carbons (Fsp3) is 0.429. The summed E-state index contributed by atoms with van der Waals surface area (Å²) in [5.41, 5.74) is 9.11. The van der Waals surface area contributed by atoms with E-state index in [9.17, 15) is 5.26 Å². The summed E-state index contributed by atoms with van der Waals surface area (Å²) in [6.45, 7) is 4.97. The van der Waals surface area contributed by atoms with Crippen LogP contribution in [0.1, 0.15) is 55.8 Å². The summed E-state index contributed by atoms with van der Waals surface area (Å²) in [4.78, 5) is 4.39. The zero-order valence-corrected chi connectivity index (χ0v) is 16.5. The summed E-state index contributed by atoms with van der Waals surface area (Å²) in [5, 5.41) is 12.6. The molecule has 148 valence electrons. The summed E-state index contributed by atoms with van der Waals surface area (Å²) in [5.74, 6) is 1.13. The molecule has 3 rings (SSSR count). The maximum Gasteiger partial charge on any atom is 0.395 e. The molecule has 1 aromatic carbocycles. The van der Waals surface area contributed by atoms with Gasteiger partial charge in [0.1, 0.15) is 17.3 Å². The summed E-state index contributed by atoms with van der Waals surface area (Å²) in [6, 6.07) is 8.23. The van der Waals surface area contributed by atoms with Crippen LogP contribution in [0.4, 0.5) is 5.88 Å². The molecule has 0 bridgehead atoms. The van der Waals surface area contributed by atoms with Crippen molar-refractivity contribution in [3.05, 3.63) is 46.4 Å². The minimum atomic E-state index is -0.422. The standard InChI is InChI=1S/C21H26N4O3/c1-4-6-10-27-16-9-8-14(11-13(16)7-5-2)17-15(12-22)19(23)25-20-18(17)24-21(26-3)28-20/h8-9,11,17,25H,4-7,10,23H2,1-3H3/t17-/m0/s1. The van der Waals surface area contributed by atoms with Crippen molar-refractivity contribution in [2.75, 3.05) is 19.0 Å². The molecule has 1 atom stereocenters. The van der Waals surface area contributed by atoms with E-state index in [4.69, 9.17) is 19.6 Å². The van der Waals surface area contributed by atoms with Crippen molar-refractivity contribution in [3.8, 4) is 17.9 Å². The molecule has 0 amide bonds. The molecule has 0 spiro atoms. The number of hydrogen-bond donors (Lipinski definition) is 2. The molecule has 0 saturated carbocycles. The number of nitrogens with zero attached hydrogens (tertiary/aromatic N) is 2. The van der Waals surface area contributed by atoms with Crippen LogP contribution in [0, 0.1) is 11.3 Å². The molecule has 0 radical (unpaired) electrons. The number of anilines is 1. The van der Waals surface area contributed by atoms with Crippen LogP contribution in [0.3, 0.4) is 0 Å². The van der Waals surface area contributed by atoms with Crippen molar-refractivity contribution in [2.45, 2.75) is 45.4 Å². The zero-order valence-electron chi connectivity index (χ0n) is 16.5. The lowest BCUT2D eigenvalue weighted by Crippen LogP contribution is -2.22. The molecule has 3 N–H and O–H groups in total. The molecule has 0 saturated heterocycles. The van der Waals surface area contributed by atoms with Crippen molar-refractivity contribution in [2.24, 2.45) is 5.73 Å². The van der Waals surface area contributed by atoms with Gasteiger partial charge in [0.25, 0.3) is 0 Å². The van der Waals surface area contributed by atoms with E-state index in [2.05, 4.69) is 36.3 Å². The maximum atomic E-state index is 9.71. The Balaban J connectivity index is 2.04. The van der Waals surface area contributed by atoms with Crippen molar-refractivity contribution in [1.82, 2.24) is 4.98 Å². The van der Waals surface area contributed by atoms with Gasteiger partial charge in [0.15, 0.2) is 0 Å². The van der Waals surface area contributed by atoms with Crippen molar-refractivity contribution in [1.29, 1.82) is 5.26 Å². The molecule has 7 heteroatoms. The monoisotopic (exact) mass is 382 g/mol. The van der Waals surface area contributed by atoms with E-state index >= 15 is 0 Å². The summed E-state index contributed by atoms with van der Waals surface area (Å²) in [7, 11) is 1.48. The predicted molar refractivity (Wildman–Crippen MR) is 106 cm³/mol. The Morgan fingerprint density at radius 2 is 2.14 bits per heavy atom. The van der Waals surface area contributed by atoms with Crippen LogP contribution in [-0.4, -0.2) is 18.7 Å². The molecule has 2 heterocycles. The molecule has 28 heavy (non-hydrogen) atoms. The van der Waals surface area contributed by atoms with Gasteiger partial charge >= 0.3 is 6.08 Å². The van der Waals surface area contributed by atoms with Gasteiger partial charge < -0.3 is 24.9 Å². The smallest absolute Gasteiger partial charge is 0.395 e. The number of methoxy groups -OCH3 is 1. The fourth-order valence-corrected chi connectivity index (χ4v) is 3.33. The summed E-state index contributed by atoms with van der Waals surface area (Å²) in [6.07, 6.45) is 4.11. The first-order valence-corrected chi connectivity index (χ1v) is 9.59.